The first-order valence-corrected chi connectivity index (χ1v) is 20.0. The number of anilines is 3. The van der Waals surface area contributed by atoms with E-state index in [4.69, 9.17) is 4.98 Å². The Kier molecular flexibility index (Phi) is 7.18. The normalized spacial score (nSPS) is 13.0. The lowest BCUT2D eigenvalue weighted by Gasteiger charge is -2.31. The van der Waals surface area contributed by atoms with Crippen molar-refractivity contribution in [1.82, 2.24) is 4.98 Å². The predicted molar refractivity (Wildman–Crippen MR) is 241 cm³/mol. The highest BCUT2D eigenvalue weighted by Gasteiger charge is 2.51. The van der Waals surface area contributed by atoms with Crippen LogP contribution in [0.2, 0.25) is 0 Å². The van der Waals surface area contributed by atoms with Gasteiger partial charge in [0.2, 0.25) is 0 Å². The summed E-state index contributed by atoms with van der Waals surface area (Å²) < 4.78 is 0. The van der Waals surface area contributed by atoms with Crippen molar-refractivity contribution in [3.05, 3.63) is 241 Å². The summed E-state index contributed by atoms with van der Waals surface area (Å²) >= 11 is 0. The van der Waals surface area contributed by atoms with Gasteiger partial charge in [0.05, 0.1) is 16.6 Å². The highest BCUT2D eigenvalue weighted by atomic mass is 15.1. The third kappa shape index (κ3) is 4.69. The van der Waals surface area contributed by atoms with Gasteiger partial charge in [-0.2, -0.15) is 0 Å². The Morgan fingerprint density at radius 1 is 0.310 bits per heavy atom. The lowest BCUT2D eigenvalue weighted by Crippen LogP contribution is -2.25. The van der Waals surface area contributed by atoms with Gasteiger partial charge < -0.3 is 4.90 Å². The van der Waals surface area contributed by atoms with Gasteiger partial charge in [-0.3, -0.25) is 0 Å². The molecule has 0 radical (unpaired) electrons. The van der Waals surface area contributed by atoms with Gasteiger partial charge in [0, 0.05) is 33.4 Å². The second-order valence-electron chi connectivity index (χ2n) is 15.4. The van der Waals surface area contributed by atoms with Gasteiger partial charge in [-0.1, -0.05) is 176 Å². The Bertz CT molecular complexity index is 3190. The molecule has 0 bridgehead atoms. The molecule has 2 heteroatoms. The van der Waals surface area contributed by atoms with Crippen molar-refractivity contribution >= 4 is 38.7 Å². The minimum atomic E-state index is -0.386. The van der Waals surface area contributed by atoms with E-state index in [1.165, 1.54) is 66.4 Å². The van der Waals surface area contributed by atoms with Gasteiger partial charge in [0.15, 0.2) is 0 Å². The van der Waals surface area contributed by atoms with Crippen LogP contribution in [0.1, 0.15) is 22.3 Å². The van der Waals surface area contributed by atoms with Crippen LogP contribution < -0.4 is 4.90 Å². The Labute approximate surface area is 338 Å². The maximum Gasteiger partial charge on any atom is 0.0788 e. The van der Waals surface area contributed by atoms with Crippen molar-refractivity contribution in [2.75, 3.05) is 4.90 Å². The van der Waals surface area contributed by atoms with Gasteiger partial charge >= 0.3 is 0 Å². The summed E-state index contributed by atoms with van der Waals surface area (Å²) in [5.74, 6) is 0. The zero-order valence-electron chi connectivity index (χ0n) is 31.7. The van der Waals surface area contributed by atoms with Gasteiger partial charge in [-0.05, 0) is 103 Å². The molecule has 2 nitrogen and oxygen atoms in total. The van der Waals surface area contributed by atoms with E-state index in [-0.39, 0.29) is 5.41 Å². The molecule has 0 atom stereocenters. The van der Waals surface area contributed by atoms with E-state index in [2.05, 4.69) is 223 Å². The Hall–Kier alpha value is -7.55. The molecule has 1 aromatic heterocycles. The average molecular weight is 737 g/mol. The zero-order valence-corrected chi connectivity index (χ0v) is 31.7. The summed E-state index contributed by atoms with van der Waals surface area (Å²) in [6.07, 6.45) is 0. The van der Waals surface area contributed by atoms with Crippen LogP contribution >= 0.6 is 0 Å². The molecule has 9 aromatic carbocycles. The quantitative estimate of drug-likeness (QED) is 0.164. The summed E-state index contributed by atoms with van der Waals surface area (Å²) in [5, 5.41) is 3.53. The number of fused-ring (bicyclic) bond motifs is 13. The topological polar surface area (TPSA) is 16.1 Å². The zero-order chi connectivity index (χ0) is 38.2. The second kappa shape index (κ2) is 12.7. The first kappa shape index (κ1) is 32.7. The molecule has 0 aliphatic heterocycles. The molecule has 12 rings (SSSR count). The molecule has 0 amide bonds. The van der Waals surface area contributed by atoms with Crippen molar-refractivity contribution in [3.8, 4) is 44.6 Å². The largest absolute Gasteiger partial charge is 0.310 e. The highest BCUT2D eigenvalue weighted by Crippen LogP contribution is 2.63. The molecule has 270 valence electrons. The lowest BCUT2D eigenvalue weighted by molar-refractivity contribution is 0.794. The van der Waals surface area contributed by atoms with Crippen LogP contribution in [0.4, 0.5) is 17.1 Å². The first-order valence-electron chi connectivity index (χ1n) is 20.0. The predicted octanol–water partition coefficient (Wildman–Crippen LogP) is 14.5. The van der Waals surface area contributed by atoms with E-state index in [0.29, 0.717) is 0 Å². The molecular formula is C56H36N2. The maximum atomic E-state index is 5.30. The van der Waals surface area contributed by atoms with E-state index in [1.54, 1.807) is 0 Å². The van der Waals surface area contributed by atoms with Crippen LogP contribution in [0.15, 0.2) is 218 Å². The summed E-state index contributed by atoms with van der Waals surface area (Å²) in [6, 6.07) is 79.8. The first-order chi connectivity index (χ1) is 28.8. The van der Waals surface area contributed by atoms with Crippen molar-refractivity contribution < 1.29 is 0 Å². The number of benzene rings is 9. The number of para-hydroxylation sites is 1. The molecular weight excluding hydrogens is 701 g/mol. The lowest BCUT2D eigenvalue weighted by atomic mass is 9.70. The molecule has 10 aromatic rings. The summed E-state index contributed by atoms with van der Waals surface area (Å²) in [6.45, 7) is 0. The average Bonchev–Trinajstić information content (AvgIpc) is 3.77. The fourth-order valence-electron chi connectivity index (χ4n) is 10.0. The smallest absolute Gasteiger partial charge is 0.0788 e. The fraction of sp³-hybridized carbons (Fsp3) is 0.0179. The second-order valence-corrected chi connectivity index (χ2v) is 15.4. The van der Waals surface area contributed by atoms with Gasteiger partial charge in [-0.15, -0.1) is 0 Å². The Balaban J connectivity index is 1.07. The standard InChI is InChI=1S/C56H36N2/c1-2-15-37(16-3-1)38-29-31-40(32-30-38)58(41-18-14-17-39(35-41)55-48-24-5-4-19-43(48)47-23-9-13-28-54(47)57-55)42-33-34-53-49(36-42)46-22-8-12-27-52(46)56(53)50-25-10-6-20-44(50)45-21-7-11-26-51(45)56/h1-36H. The van der Waals surface area contributed by atoms with Crippen LogP contribution in [0.25, 0.3) is 66.3 Å². The minimum Gasteiger partial charge on any atom is -0.310 e. The molecule has 2 aliphatic carbocycles. The molecule has 1 spiro atoms. The van der Waals surface area contributed by atoms with Gasteiger partial charge in [-0.25, -0.2) is 4.98 Å². The molecule has 1 heterocycles. The number of hydrogen-bond acceptors (Lipinski definition) is 2. The summed E-state index contributed by atoms with van der Waals surface area (Å²) in [4.78, 5) is 7.70. The van der Waals surface area contributed by atoms with Crippen LogP contribution in [0, 0.1) is 0 Å². The van der Waals surface area contributed by atoms with Crippen LogP contribution in [0.3, 0.4) is 0 Å². The number of aromatic nitrogens is 1. The van der Waals surface area contributed by atoms with E-state index in [9.17, 15) is 0 Å². The van der Waals surface area contributed by atoms with Crippen LogP contribution in [-0.4, -0.2) is 4.98 Å². The van der Waals surface area contributed by atoms with Gasteiger partial charge in [0.25, 0.3) is 0 Å². The SMILES string of the molecule is c1ccc(-c2ccc(N(c3cccc(-c4nc5ccccc5c5ccccc45)c3)c3ccc4c(c3)-c3ccccc3C43c4ccccc4-c4ccccc43)cc2)cc1. The van der Waals surface area contributed by atoms with Gasteiger partial charge in [0.1, 0.15) is 0 Å². The third-order valence-electron chi connectivity index (χ3n) is 12.5. The summed E-state index contributed by atoms with van der Waals surface area (Å²) in [7, 11) is 0. The van der Waals surface area contributed by atoms with Crippen molar-refractivity contribution in [1.29, 1.82) is 0 Å². The van der Waals surface area contributed by atoms with E-state index >= 15 is 0 Å². The summed E-state index contributed by atoms with van der Waals surface area (Å²) in [5.41, 5.74) is 18.9. The number of nitrogens with zero attached hydrogens (tertiary/aromatic N) is 2. The molecule has 2 aliphatic rings. The monoisotopic (exact) mass is 736 g/mol. The fourth-order valence-corrected chi connectivity index (χ4v) is 10.0. The number of rotatable bonds is 5. The van der Waals surface area contributed by atoms with Crippen molar-refractivity contribution in [3.63, 3.8) is 0 Å². The molecule has 0 unspecified atom stereocenters. The van der Waals surface area contributed by atoms with E-state index in [0.717, 1.165) is 39.2 Å². The Morgan fingerprint density at radius 3 is 1.52 bits per heavy atom. The maximum absolute atomic E-state index is 5.30. The van der Waals surface area contributed by atoms with Crippen LogP contribution in [0.5, 0.6) is 0 Å². The third-order valence-corrected chi connectivity index (χ3v) is 12.5. The number of pyridine rings is 1. The molecule has 0 saturated heterocycles. The number of hydrogen-bond donors (Lipinski definition) is 0. The molecule has 58 heavy (non-hydrogen) atoms. The molecule has 0 fully saturated rings. The van der Waals surface area contributed by atoms with Crippen molar-refractivity contribution in [2.45, 2.75) is 5.41 Å². The van der Waals surface area contributed by atoms with E-state index < -0.39 is 0 Å². The van der Waals surface area contributed by atoms with Crippen LogP contribution in [-0.2, 0) is 5.41 Å². The van der Waals surface area contributed by atoms with E-state index in [1.807, 2.05) is 0 Å². The molecule has 0 N–H and O–H groups in total. The molecule has 0 saturated carbocycles. The minimum absolute atomic E-state index is 0.386. The highest BCUT2D eigenvalue weighted by molar-refractivity contribution is 6.11. The van der Waals surface area contributed by atoms with Crippen molar-refractivity contribution in [2.24, 2.45) is 0 Å². The Morgan fingerprint density at radius 2 is 0.810 bits per heavy atom.